The van der Waals surface area contributed by atoms with Gasteiger partial charge in [-0.3, -0.25) is 0 Å². The van der Waals surface area contributed by atoms with Gasteiger partial charge in [0.15, 0.2) is 0 Å². The Bertz CT molecular complexity index is 545. The van der Waals surface area contributed by atoms with Crippen LogP contribution in [0, 0.1) is 5.41 Å². The van der Waals surface area contributed by atoms with Gasteiger partial charge < -0.3 is 11.1 Å². The van der Waals surface area contributed by atoms with E-state index >= 15 is 0 Å². The van der Waals surface area contributed by atoms with Gasteiger partial charge in [0.2, 0.25) is 5.95 Å². The van der Waals surface area contributed by atoms with Crippen LogP contribution in [0.25, 0.3) is 10.9 Å². The van der Waals surface area contributed by atoms with Gasteiger partial charge in [0.05, 0.1) is 5.52 Å². The number of nitrogens with one attached hydrogen (secondary N) is 1. The van der Waals surface area contributed by atoms with Gasteiger partial charge in [0.1, 0.15) is 0 Å². The van der Waals surface area contributed by atoms with E-state index in [0.717, 1.165) is 17.3 Å². The highest BCUT2D eigenvalue weighted by Crippen LogP contribution is 2.20. The molecule has 0 spiro atoms. The van der Waals surface area contributed by atoms with Gasteiger partial charge in [-0.05, 0) is 17.9 Å². The molecule has 0 amide bonds. The molecule has 3 N–H and O–H groups in total. The molecule has 0 fully saturated rings. The van der Waals surface area contributed by atoms with Crippen molar-refractivity contribution in [3.8, 4) is 0 Å². The van der Waals surface area contributed by atoms with Crippen molar-refractivity contribution in [3.63, 3.8) is 0 Å². The fourth-order valence-corrected chi connectivity index (χ4v) is 2.14. The Labute approximate surface area is 114 Å². The van der Waals surface area contributed by atoms with E-state index in [-0.39, 0.29) is 11.5 Å². The van der Waals surface area contributed by atoms with E-state index in [4.69, 9.17) is 5.73 Å². The molecule has 0 aliphatic rings. The van der Waals surface area contributed by atoms with Crippen LogP contribution in [-0.4, -0.2) is 22.6 Å². The molecule has 0 aliphatic carbocycles. The first-order valence-electron chi connectivity index (χ1n) is 6.65. The summed E-state index contributed by atoms with van der Waals surface area (Å²) in [7, 11) is 0. The number of para-hydroxylation sites is 1. The lowest BCUT2D eigenvalue weighted by Crippen LogP contribution is -2.33. The molecule has 1 atom stereocenters. The maximum atomic E-state index is 6.10. The average molecular weight is 258 g/mol. The Kier molecular flexibility index (Phi) is 4.00. The predicted molar refractivity (Wildman–Crippen MR) is 80.1 cm³/mol. The zero-order chi connectivity index (χ0) is 13.9. The molecule has 0 aliphatic heterocycles. The van der Waals surface area contributed by atoms with Gasteiger partial charge in [0, 0.05) is 24.2 Å². The van der Waals surface area contributed by atoms with E-state index in [1.165, 1.54) is 0 Å². The van der Waals surface area contributed by atoms with Crippen molar-refractivity contribution < 1.29 is 0 Å². The summed E-state index contributed by atoms with van der Waals surface area (Å²) in [6.45, 7) is 7.27. The zero-order valence-electron chi connectivity index (χ0n) is 11.9. The minimum atomic E-state index is 0.107. The molecular formula is C15H22N4. The summed E-state index contributed by atoms with van der Waals surface area (Å²) >= 11 is 0. The van der Waals surface area contributed by atoms with Crippen LogP contribution in [0.15, 0.2) is 30.5 Å². The van der Waals surface area contributed by atoms with E-state index < -0.39 is 0 Å². The van der Waals surface area contributed by atoms with Crippen LogP contribution in [0.4, 0.5) is 5.95 Å². The van der Waals surface area contributed by atoms with E-state index in [1.807, 2.05) is 30.5 Å². The number of nitrogens with zero attached hydrogens (tertiary/aromatic N) is 2. The van der Waals surface area contributed by atoms with Crippen molar-refractivity contribution in [1.82, 2.24) is 9.97 Å². The predicted octanol–water partition coefficient (Wildman–Crippen LogP) is 2.81. The highest BCUT2D eigenvalue weighted by molar-refractivity contribution is 5.78. The summed E-state index contributed by atoms with van der Waals surface area (Å²) in [6, 6.07) is 8.06. The average Bonchev–Trinajstić information content (AvgIpc) is 2.34. The van der Waals surface area contributed by atoms with Crippen molar-refractivity contribution in [1.29, 1.82) is 0 Å². The van der Waals surface area contributed by atoms with E-state index in [2.05, 4.69) is 36.1 Å². The molecule has 4 heteroatoms. The lowest BCUT2D eigenvalue weighted by Gasteiger charge is -2.23. The Hall–Kier alpha value is -1.68. The Morgan fingerprint density at radius 1 is 1.26 bits per heavy atom. The number of rotatable bonds is 4. The third-order valence-electron chi connectivity index (χ3n) is 2.89. The third-order valence-corrected chi connectivity index (χ3v) is 2.89. The Morgan fingerprint density at radius 2 is 2.00 bits per heavy atom. The molecule has 1 aromatic carbocycles. The third kappa shape index (κ3) is 4.17. The van der Waals surface area contributed by atoms with Gasteiger partial charge >= 0.3 is 0 Å². The smallest absolute Gasteiger partial charge is 0.223 e. The molecule has 0 bridgehead atoms. The second kappa shape index (κ2) is 5.53. The van der Waals surface area contributed by atoms with Crippen molar-refractivity contribution >= 4 is 16.9 Å². The second-order valence-electron chi connectivity index (χ2n) is 6.16. The van der Waals surface area contributed by atoms with Crippen LogP contribution in [0.1, 0.15) is 27.2 Å². The number of hydrogen-bond acceptors (Lipinski definition) is 4. The van der Waals surface area contributed by atoms with Crippen molar-refractivity contribution in [2.24, 2.45) is 11.1 Å². The fourth-order valence-electron chi connectivity index (χ4n) is 2.14. The minimum Gasteiger partial charge on any atom is -0.353 e. The first kappa shape index (κ1) is 13.7. The summed E-state index contributed by atoms with van der Waals surface area (Å²) in [4.78, 5) is 8.76. The number of nitrogens with two attached hydrogens (primary N) is 1. The summed E-state index contributed by atoms with van der Waals surface area (Å²) in [6.07, 6.45) is 2.80. The topological polar surface area (TPSA) is 63.8 Å². The molecular weight excluding hydrogens is 236 g/mol. The summed E-state index contributed by atoms with van der Waals surface area (Å²) in [5.74, 6) is 0.642. The number of anilines is 1. The molecule has 0 saturated heterocycles. The summed E-state index contributed by atoms with van der Waals surface area (Å²) < 4.78 is 0. The zero-order valence-corrected chi connectivity index (χ0v) is 11.9. The van der Waals surface area contributed by atoms with E-state index in [9.17, 15) is 0 Å². The Balaban J connectivity index is 1.98. The van der Waals surface area contributed by atoms with Crippen LogP contribution in [0.2, 0.25) is 0 Å². The van der Waals surface area contributed by atoms with Gasteiger partial charge in [-0.2, -0.15) is 0 Å². The minimum absolute atomic E-state index is 0.107. The van der Waals surface area contributed by atoms with Crippen LogP contribution in [0.5, 0.6) is 0 Å². The van der Waals surface area contributed by atoms with E-state index in [0.29, 0.717) is 12.5 Å². The molecule has 0 saturated carbocycles. The molecule has 1 heterocycles. The molecule has 2 rings (SSSR count). The maximum absolute atomic E-state index is 6.10. The molecule has 1 aromatic heterocycles. The Morgan fingerprint density at radius 3 is 2.74 bits per heavy atom. The molecule has 102 valence electrons. The molecule has 19 heavy (non-hydrogen) atoms. The normalized spacial score (nSPS) is 13.5. The number of fused-ring (bicyclic) bond motifs is 1. The highest BCUT2D eigenvalue weighted by Gasteiger charge is 2.15. The van der Waals surface area contributed by atoms with Crippen molar-refractivity contribution in [2.45, 2.75) is 33.2 Å². The monoisotopic (exact) mass is 258 g/mol. The van der Waals surface area contributed by atoms with Crippen LogP contribution in [-0.2, 0) is 0 Å². The van der Waals surface area contributed by atoms with Crippen LogP contribution in [0.3, 0.4) is 0 Å². The highest BCUT2D eigenvalue weighted by atomic mass is 15.1. The maximum Gasteiger partial charge on any atom is 0.223 e. The second-order valence-corrected chi connectivity index (χ2v) is 6.16. The van der Waals surface area contributed by atoms with Crippen molar-refractivity contribution in [3.05, 3.63) is 30.5 Å². The summed E-state index contributed by atoms with van der Waals surface area (Å²) in [5, 5.41) is 4.26. The lowest BCUT2D eigenvalue weighted by atomic mass is 9.88. The molecule has 2 aromatic rings. The lowest BCUT2D eigenvalue weighted by molar-refractivity contribution is 0.344. The largest absolute Gasteiger partial charge is 0.353 e. The SMILES string of the molecule is CC(C)(C)CC(N)CNc1ncc2ccccc2n1. The van der Waals surface area contributed by atoms with Crippen LogP contribution < -0.4 is 11.1 Å². The molecule has 4 nitrogen and oxygen atoms in total. The first-order chi connectivity index (χ1) is 8.94. The van der Waals surface area contributed by atoms with Gasteiger partial charge in [0.25, 0.3) is 0 Å². The number of benzene rings is 1. The van der Waals surface area contributed by atoms with Gasteiger partial charge in [-0.25, -0.2) is 9.97 Å². The first-order valence-corrected chi connectivity index (χ1v) is 6.65. The number of aromatic nitrogens is 2. The molecule has 1 unspecified atom stereocenters. The van der Waals surface area contributed by atoms with E-state index in [1.54, 1.807) is 0 Å². The molecule has 0 radical (unpaired) electrons. The standard InChI is InChI=1S/C15H22N4/c1-15(2,3)8-12(16)10-18-14-17-9-11-6-4-5-7-13(11)19-14/h4-7,9,12H,8,10,16H2,1-3H3,(H,17,18,19). The fraction of sp³-hybridized carbons (Fsp3) is 0.467. The summed E-state index contributed by atoms with van der Waals surface area (Å²) in [5.41, 5.74) is 7.29. The quantitative estimate of drug-likeness (QED) is 0.885. The van der Waals surface area contributed by atoms with Crippen LogP contribution >= 0.6 is 0 Å². The number of hydrogen-bond donors (Lipinski definition) is 2. The van der Waals surface area contributed by atoms with Gasteiger partial charge in [-0.15, -0.1) is 0 Å². The van der Waals surface area contributed by atoms with Gasteiger partial charge in [-0.1, -0.05) is 39.0 Å². The van der Waals surface area contributed by atoms with Crippen molar-refractivity contribution in [2.75, 3.05) is 11.9 Å².